The van der Waals surface area contributed by atoms with E-state index < -0.39 is 5.91 Å². The molecule has 0 aromatic heterocycles. The van der Waals surface area contributed by atoms with Crippen LogP contribution in [0.3, 0.4) is 0 Å². The van der Waals surface area contributed by atoms with Crippen LogP contribution >= 0.6 is 0 Å². The van der Waals surface area contributed by atoms with E-state index in [4.69, 9.17) is 0 Å². The lowest BCUT2D eigenvalue weighted by molar-refractivity contribution is 0.1000. The maximum atomic E-state index is 10.9. The number of rotatable bonds is 3. The van der Waals surface area contributed by atoms with Gasteiger partial charge in [0.15, 0.2) is 0 Å². The molecular formula is C9H8N2O3. The molecule has 0 atom stereocenters. The molecule has 0 saturated carbocycles. The summed E-state index contributed by atoms with van der Waals surface area (Å²) in [5.41, 5.74) is 1.59. The molecule has 0 aliphatic rings. The largest absolute Gasteiger partial charge is 0.317 e. The van der Waals surface area contributed by atoms with E-state index >= 15 is 0 Å². The van der Waals surface area contributed by atoms with Crippen molar-refractivity contribution in [2.24, 2.45) is 10.4 Å². The van der Waals surface area contributed by atoms with Gasteiger partial charge in [-0.3, -0.25) is 4.79 Å². The van der Waals surface area contributed by atoms with E-state index in [0.717, 1.165) is 0 Å². The molecule has 1 aromatic rings. The molecule has 0 aliphatic heterocycles. The molecule has 1 amide bonds. The Kier molecular flexibility index (Phi) is 3.17. The van der Waals surface area contributed by atoms with Crippen LogP contribution in [0.1, 0.15) is 21.5 Å². The molecule has 0 aliphatic carbocycles. The number of amides is 1. The second-order valence-corrected chi connectivity index (χ2v) is 2.83. The van der Waals surface area contributed by atoms with Crippen LogP contribution in [0, 0.1) is 16.7 Å². The minimum absolute atomic E-state index is 0.0594. The predicted molar refractivity (Wildman–Crippen MR) is 50.8 cm³/mol. The Morgan fingerprint density at radius 2 is 2.07 bits per heavy atom. The molecule has 5 heteroatoms. The van der Waals surface area contributed by atoms with Gasteiger partial charge in [0.1, 0.15) is 6.54 Å². The third kappa shape index (κ3) is 2.07. The number of nitroso groups, excluding NO2 is 2. The average molecular weight is 192 g/mol. The van der Waals surface area contributed by atoms with Crippen LogP contribution in [0.4, 0.5) is 0 Å². The second-order valence-electron chi connectivity index (χ2n) is 2.83. The molecule has 0 bridgehead atoms. The van der Waals surface area contributed by atoms with Crippen molar-refractivity contribution in [2.75, 3.05) is 0 Å². The van der Waals surface area contributed by atoms with Crippen molar-refractivity contribution in [3.63, 3.8) is 0 Å². The first-order valence-electron chi connectivity index (χ1n) is 3.95. The first-order valence-corrected chi connectivity index (χ1v) is 3.95. The zero-order chi connectivity index (χ0) is 10.6. The molecule has 0 fully saturated rings. The highest BCUT2D eigenvalue weighted by molar-refractivity contribution is 5.96. The van der Waals surface area contributed by atoms with Crippen molar-refractivity contribution in [3.05, 3.63) is 44.7 Å². The first kappa shape index (κ1) is 10.2. The monoisotopic (exact) mass is 192 g/mol. The van der Waals surface area contributed by atoms with Crippen LogP contribution < -0.4 is 0 Å². The highest BCUT2D eigenvalue weighted by Gasteiger charge is 2.09. The zero-order valence-electron chi connectivity index (χ0n) is 7.56. The van der Waals surface area contributed by atoms with E-state index in [0.29, 0.717) is 11.1 Å². The van der Waals surface area contributed by atoms with Gasteiger partial charge in [-0.25, -0.2) is 0 Å². The number of benzene rings is 1. The summed E-state index contributed by atoms with van der Waals surface area (Å²) in [5, 5.41) is 5.04. The van der Waals surface area contributed by atoms with Crippen LogP contribution in [0.5, 0.6) is 0 Å². The molecule has 0 saturated heterocycles. The van der Waals surface area contributed by atoms with Gasteiger partial charge in [-0.1, -0.05) is 17.3 Å². The van der Waals surface area contributed by atoms with Gasteiger partial charge >= 0.3 is 5.91 Å². The number of aryl methyl sites for hydroxylation is 1. The van der Waals surface area contributed by atoms with Crippen LogP contribution in [0.15, 0.2) is 28.6 Å². The zero-order valence-corrected chi connectivity index (χ0v) is 7.56. The van der Waals surface area contributed by atoms with Crippen molar-refractivity contribution in [3.8, 4) is 0 Å². The third-order valence-electron chi connectivity index (χ3n) is 1.85. The third-order valence-corrected chi connectivity index (χ3v) is 1.85. The van der Waals surface area contributed by atoms with Gasteiger partial charge in [0.25, 0.3) is 0 Å². The molecule has 14 heavy (non-hydrogen) atoms. The van der Waals surface area contributed by atoms with Gasteiger partial charge in [-0.15, -0.1) is 4.91 Å². The fourth-order valence-electron chi connectivity index (χ4n) is 1.19. The minimum atomic E-state index is -0.798. The summed E-state index contributed by atoms with van der Waals surface area (Å²) >= 11 is 0. The number of hydrogen-bond acceptors (Lipinski definition) is 4. The Bertz CT molecular complexity index is 388. The Hall–Kier alpha value is -1.91. The van der Waals surface area contributed by atoms with E-state index in [1.807, 2.05) is 0 Å². The summed E-state index contributed by atoms with van der Waals surface area (Å²) in [6.07, 6.45) is 0. The van der Waals surface area contributed by atoms with Gasteiger partial charge in [0, 0.05) is 10.7 Å². The summed E-state index contributed by atoms with van der Waals surface area (Å²) in [6, 6.07) is 4.69. The Morgan fingerprint density at radius 1 is 1.36 bits per heavy atom. The van der Waals surface area contributed by atoms with Gasteiger partial charge in [0.05, 0.1) is 0 Å². The maximum absolute atomic E-state index is 10.9. The molecule has 1 rings (SSSR count). The first-order chi connectivity index (χ1) is 6.69. The van der Waals surface area contributed by atoms with Crippen molar-refractivity contribution < 1.29 is 4.79 Å². The summed E-state index contributed by atoms with van der Waals surface area (Å²) in [4.78, 5) is 30.9. The summed E-state index contributed by atoms with van der Waals surface area (Å²) in [5.74, 6) is -0.798. The predicted octanol–water partition coefficient (Wildman–Crippen LogP) is 2.17. The quantitative estimate of drug-likeness (QED) is 0.688. The van der Waals surface area contributed by atoms with E-state index in [1.165, 1.54) is 6.07 Å². The van der Waals surface area contributed by atoms with Crippen molar-refractivity contribution in [1.82, 2.24) is 0 Å². The minimum Gasteiger partial charge on any atom is -0.263 e. The van der Waals surface area contributed by atoms with Crippen LogP contribution in [-0.2, 0) is 6.54 Å². The number of carbonyl (C=O) groups is 1. The van der Waals surface area contributed by atoms with Crippen molar-refractivity contribution >= 4 is 5.91 Å². The lowest BCUT2D eigenvalue weighted by Gasteiger charge is -2.01. The Balaban J connectivity index is 3.06. The molecule has 0 N–H and O–H groups in total. The van der Waals surface area contributed by atoms with Crippen molar-refractivity contribution in [1.29, 1.82) is 0 Å². The second kappa shape index (κ2) is 4.36. The highest BCUT2D eigenvalue weighted by atomic mass is 16.3. The average Bonchev–Trinajstić information content (AvgIpc) is 2.17. The fourth-order valence-corrected chi connectivity index (χ4v) is 1.19. The van der Waals surface area contributed by atoms with Gasteiger partial charge in [-0.2, -0.15) is 4.91 Å². The number of carbonyl (C=O) groups excluding carboxylic acids is 1. The van der Waals surface area contributed by atoms with Gasteiger partial charge < -0.3 is 0 Å². The lowest BCUT2D eigenvalue weighted by atomic mass is 10.0. The van der Waals surface area contributed by atoms with Crippen LogP contribution in [0.25, 0.3) is 0 Å². The standard InChI is InChI=1S/C9H8N2O3/c1-6-4-7(5-10-13)2-3-8(6)9(12)11-14/h2-4H,5H2,1H3. The van der Waals surface area contributed by atoms with Gasteiger partial charge in [0.2, 0.25) is 0 Å². The summed E-state index contributed by atoms with van der Waals surface area (Å²) in [7, 11) is 0. The van der Waals surface area contributed by atoms with E-state index in [-0.39, 0.29) is 12.1 Å². The SMILES string of the molecule is Cc1cc(CN=O)ccc1C(=O)N=O. The molecule has 5 nitrogen and oxygen atoms in total. The number of hydrogen-bond donors (Lipinski definition) is 0. The molecule has 1 aromatic carbocycles. The molecule has 72 valence electrons. The topological polar surface area (TPSA) is 75.9 Å². The van der Waals surface area contributed by atoms with E-state index in [2.05, 4.69) is 10.4 Å². The fraction of sp³-hybridized carbons (Fsp3) is 0.222. The van der Waals surface area contributed by atoms with E-state index in [9.17, 15) is 14.6 Å². The lowest BCUT2D eigenvalue weighted by Crippen LogP contribution is -1.98. The van der Waals surface area contributed by atoms with Gasteiger partial charge in [-0.05, 0) is 24.1 Å². The molecule has 0 unspecified atom stereocenters. The Morgan fingerprint density at radius 3 is 2.57 bits per heavy atom. The molecule has 0 radical (unpaired) electrons. The van der Waals surface area contributed by atoms with Crippen LogP contribution in [0.2, 0.25) is 0 Å². The smallest absolute Gasteiger partial charge is 0.263 e. The maximum Gasteiger partial charge on any atom is 0.317 e. The van der Waals surface area contributed by atoms with E-state index in [1.54, 1.807) is 19.1 Å². The van der Waals surface area contributed by atoms with Crippen LogP contribution in [-0.4, -0.2) is 5.91 Å². The molecule has 0 heterocycles. The normalized spacial score (nSPS) is 9.50. The molecule has 0 spiro atoms. The summed E-state index contributed by atoms with van der Waals surface area (Å²) in [6.45, 7) is 1.73. The summed E-state index contributed by atoms with van der Waals surface area (Å²) < 4.78 is 0. The highest BCUT2D eigenvalue weighted by Crippen LogP contribution is 2.12. The number of nitrogens with zero attached hydrogens (tertiary/aromatic N) is 2. The molecular weight excluding hydrogens is 184 g/mol. The van der Waals surface area contributed by atoms with Crippen molar-refractivity contribution in [2.45, 2.75) is 13.5 Å². The Labute approximate surface area is 80.1 Å².